The zero-order valence-corrected chi connectivity index (χ0v) is 17.2. The van der Waals surface area contributed by atoms with Crippen molar-refractivity contribution >= 4 is 46.2 Å². The fourth-order valence-electron chi connectivity index (χ4n) is 2.36. The second-order valence-electron chi connectivity index (χ2n) is 5.69. The Kier molecular flexibility index (Phi) is 7.44. The van der Waals surface area contributed by atoms with Crippen LogP contribution in [0.25, 0.3) is 0 Å². The molecule has 0 aliphatic rings. The van der Waals surface area contributed by atoms with Gasteiger partial charge in [0.1, 0.15) is 0 Å². The lowest BCUT2D eigenvalue weighted by atomic mass is 10.1. The van der Waals surface area contributed by atoms with Gasteiger partial charge in [-0.15, -0.1) is 0 Å². The summed E-state index contributed by atoms with van der Waals surface area (Å²) in [5, 5.41) is 27.2. The van der Waals surface area contributed by atoms with Gasteiger partial charge in [-0.3, -0.25) is 30.3 Å². The van der Waals surface area contributed by atoms with E-state index in [0.717, 1.165) is 18.2 Å². The lowest BCUT2D eigenvalue weighted by Crippen LogP contribution is -2.38. The minimum Gasteiger partial charge on any atom is -0.493 e. The third-order valence-electron chi connectivity index (χ3n) is 3.81. The van der Waals surface area contributed by atoms with Gasteiger partial charge in [0, 0.05) is 29.8 Å². The molecule has 2 rings (SSSR count). The average molecular weight is 455 g/mol. The number of rotatable bonds is 7. The molecule has 11 nitrogen and oxygen atoms in total. The number of nitrogens with one attached hydrogen (secondary N) is 2. The molecule has 0 aliphatic carbocycles. The highest BCUT2D eigenvalue weighted by Crippen LogP contribution is 2.33. The second-order valence-corrected chi connectivity index (χ2v) is 6.50. The standard InChI is InChI=1S/C17H15ClN4O7S/c1-28-14-5-10(13(18)7-15(14)29-2)8-19-17(30)20-16(23)9-3-11(21(24)25)6-12(4-9)22(26)27/h3-7H,8H2,1-2H3,(H2,19,20,23,30). The Hall–Kier alpha value is -3.51. The minimum atomic E-state index is -0.849. The Morgan fingerprint density at radius 3 is 2.07 bits per heavy atom. The van der Waals surface area contributed by atoms with Crippen LogP contribution in [0.15, 0.2) is 30.3 Å². The Morgan fingerprint density at radius 2 is 1.57 bits per heavy atom. The fraction of sp³-hybridized carbons (Fsp3) is 0.176. The van der Waals surface area contributed by atoms with Crippen molar-refractivity contribution in [3.05, 3.63) is 66.7 Å². The monoisotopic (exact) mass is 454 g/mol. The van der Waals surface area contributed by atoms with E-state index in [2.05, 4.69) is 10.6 Å². The van der Waals surface area contributed by atoms with Crippen molar-refractivity contribution in [2.24, 2.45) is 0 Å². The van der Waals surface area contributed by atoms with Crippen LogP contribution in [0.2, 0.25) is 5.02 Å². The second kappa shape index (κ2) is 9.80. The smallest absolute Gasteiger partial charge is 0.277 e. The summed E-state index contributed by atoms with van der Waals surface area (Å²) in [6.07, 6.45) is 0. The normalized spacial score (nSPS) is 10.1. The number of hydrogen-bond acceptors (Lipinski definition) is 8. The molecule has 2 aromatic carbocycles. The van der Waals surface area contributed by atoms with E-state index in [9.17, 15) is 25.0 Å². The number of thiocarbonyl (C=S) groups is 1. The van der Waals surface area contributed by atoms with E-state index in [4.69, 9.17) is 33.3 Å². The van der Waals surface area contributed by atoms with Crippen LogP contribution in [0.3, 0.4) is 0 Å². The third-order valence-corrected chi connectivity index (χ3v) is 4.40. The summed E-state index contributed by atoms with van der Waals surface area (Å²) in [4.78, 5) is 32.5. The molecular weight excluding hydrogens is 440 g/mol. The predicted octanol–water partition coefficient (Wildman–Crippen LogP) is 2.98. The summed E-state index contributed by atoms with van der Waals surface area (Å²) in [6.45, 7) is 0.118. The van der Waals surface area contributed by atoms with Gasteiger partial charge in [-0.25, -0.2) is 0 Å². The molecular formula is C17H15ClN4O7S. The van der Waals surface area contributed by atoms with Crippen molar-refractivity contribution in [1.29, 1.82) is 0 Å². The number of nitro benzene ring substituents is 2. The summed E-state index contributed by atoms with van der Waals surface area (Å²) in [6, 6.07) is 5.77. The SMILES string of the molecule is COc1cc(Cl)c(CNC(=S)NC(=O)c2cc([N+](=O)[O-])cc([N+](=O)[O-])c2)cc1OC. The maximum absolute atomic E-state index is 12.3. The molecule has 0 fully saturated rings. The first-order valence-corrected chi connectivity index (χ1v) is 8.88. The van der Waals surface area contributed by atoms with Gasteiger partial charge < -0.3 is 14.8 Å². The Labute approximate surface area is 180 Å². The molecule has 0 heterocycles. The van der Waals surface area contributed by atoms with Gasteiger partial charge in [0.2, 0.25) is 0 Å². The van der Waals surface area contributed by atoms with Crippen molar-refractivity contribution in [3.63, 3.8) is 0 Å². The number of nitro groups is 2. The number of nitrogens with zero attached hydrogens (tertiary/aromatic N) is 2. The summed E-state index contributed by atoms with van der Waals surface area (Å²) in [5.74, 6) is 0.0321. The molecule has 0 saturated carbocycles. The Balaban J connectivity index is 2.11. The molecule has 0 aliphatic heterocycles. The van der Waals surface area contributed by atoms with Gasteiger partial charge in [-0.05, 0) is 23.8 Å². The van der Waals surface area contributed by atoms with Crippen molar-refractivity contribution in [1.82, 2.24) is 10.6 Å². The molecule has 0 spiro atoms. The number of carbonyl (C=O) groups excluding carboxylic acids is 1. The van der Waals surface area contributed by atoms with Crippen LogP contribution in [-0.2, 0) is 6.54 Å². The zero-order valence-electron chi connectivity index (χ0n) is 15.6. The van der Waals surface area contributed by atoms with Gasteiger partial charge in [0.25, 0.3) is 17.3 Å². The van der Waals surface area contributed by atoms with Crippen molar-refractivity contribution in [2.75, 3.05) is 14.2 Å². The van der Waals surface area contributed by atoms with Gasteiger partial charge in [0.15, 0.2) is 16.6 Å². The lowest BCUT2D eigenvalue weighted by Gasteiger charge is -2.13. The summed E-state index contributed by atoms with van der Waals surface area (Å²) in [7, 11) is 2.93. The highest BCUT2D eigenvalue weighted by Gasteiger charge is 2.20. The van der Waals surface area contributed by atoms with Gasteiger partial charge in [-0.1, -0.05) is 11.6 Å². The van der Waals surface area contributed by atoms with Gasteiger partial charge in [0.05, 0.1) is 35.7 Å². The molecule has 0 unspecified atom stereocenters. The van der Waals surface area contributed by atoms with E-state index in [1.54, 1.807) is 12.1 Å². The first-order chi connectivity index (χ1) is 14.2. The van der Waals surface area contributed by atoms with Crippen molar-refractivity contribution in [3.8, 4) is 11.5 Å². The summed E-state index contributed by atoms with van der Waals surface area (Å²) in [5.41, 5.74) is -0.878. The molecule has 0 radical (unpaired) electrons. The van der Waals surface area contributed by atoms with Crippen LogP contribution in [0, 0.1) is 20.2 Å². The Morgan fingerprint density at radius 1 is 1.03 bits per heavy atom. The molecule has 1 amide bonds. The lowest BCUT2D eigenvalue weighted by molar-refractivity contribution is -0.394. The van der Waals surface area contributed by atoms with Crippen LogP contribution in [0.5, 0.6) is 11.5 Å². The van der Waals surface area contributed by atoms with E-state index >= 15 is 0 Å². The molecule has 158 valence electrons. The van der Waals surface area contributed by atoms with Crippen LogP contribution in [0.1, 0.15) is 15.9 Å². The van der Waals surface area contributed by atoms with Gasteiger partial charge >= 0.3 is 0 Å². The third kappa shape index (κ3) is 5.52. The van der Waals surface area contributed by atoms with Crippen LogP contribution in [0.4, 0.5) is 11.4 Å². The minimum absolute atomic E-state index is 0.111. The van der Waals surface area contributed by atoms with Crippen LogP contribution in [-0.4, -0.2) is 35.1 Å². The average Bonchev–Trinajstić information content (AvgIpc) is 2.71. The number of carbonyl (C=O) groups is 1. The molecule has 30 heavy (non-hydrogen) atoms. The van der Waals surface area contributed by atoms with Crippen molar-refractivity contribution < 1.29 is 24.1 Å². The molecule has 0 saturated heterocycles. The number of halogens is 1. The Bertz CT molecular complexity index is 999. The quantitative estimate of drug-likeness (QED) is 0.366. The molecule has 0 bridgehead atoms. The van der Waals surface area contributed by atoms with E-state index in [1.165, 1.54) is 14.2 Å². The summed E-state index contributed by atoms with van der Waals surface area (Å²) < 4.78 is 10.3. The van der Waals surface area contributed by atoms with E-state index < -0.39 is 27.1 Å². The number of ether oxygens (including phenoxy) is 2. The largest absolute Gasteiger partial charge is 0.493 e. The maximum Gasteiger partial charge on any atom is 0.277 e. The number of non-ortho nitro benzene ring substituents is 2. The number of amides is 1. The first kappa shape index (κ1) is 22.8. The highest BCUT2D eigenvalue weighted by atomic mass is 35.5. The molecule has 2 aromatic rings. The fourth-order valence-corrected chi connectivity index (χ4v) is 2.75. The number of benzene rings is 2. The topological polar surface area (TPSA) is 146 Å². The van der Waals surface area contributed by atoms with Crippen LogP contribution < -0.4 is 20.1 Å². The zero-order chi connectivity index (χ0) is 22.4. The van der Waals surface area contributed by atoms with Crippen molar-refractivity contribution in [2.45, 2.75) is 6.54 Å². The predicted molar refractivity (Wildman–Crippen MR) is 111 cm³/mol. The molecule has 13 heteroatoms. The summed E-state index contributed by atoms with van der Waals surface area (Å²) >= 11 is 11.2. The first-order valence-electron chi connectivity index (χ1n) is 8.09. The van der Waals surface area contributed by atoms with Crippen LogP contribution >= 0.6 is 23.8 Å². The van der Waals surface area contributed by atoms with Gasteiger partial charge in [-0.2, -0.15) is 0 Å². The maximum atomic E-state index is 12.3. The van der Waals surface area contributed by atoms with E-state index in [-0.39, 0.29) is 17.2 Å². The molecule has 2 N–H and O–H groups in total. The van der Waals surface area contributed by atoms with E-state index in [0.29, 0.717) is 22.1 Å². The number of hydrogen-bond donors (Lipinski definition) is 2. The van der Waals surface area contributed by atoms with E-state index in [1.807, 2.05) is 0 Å². The number of methoxy groups -OCH3 is 2. The molecule has 0 aromatic heterocycles. The highest BCUT2D eigenvalue weighted by molar-refractivity contribution is 7.80. The molecule has 0 atom stereocenters.